The first-order valence-electron chi connectivity index (χ1n) is 8.49. The van der Waals surface area contributed by atoms with E-state index in [4.69, 9.17) is 0 Å². The molecule has 0 aliphatic carbocycles. The van der Waals surface area contributed by atoms with Gasteiger partial charge in [0.05, 0.1) is 10.2 Å². The Hall–Kier alpha value is -1.15. The van der Waals surface area contributed by atoms with Crippen LogP contribution in [0.3, 0.4) is 0 Å². The third-order valence-electron chi connectivity index (χ3n) is 4.02. The Morgan fingerprint density at radius 3 is 2.25 bits per heavy atom. The predicted molar refractivity (Wildman–Crippen MR) is 97.3 cm³/mol. The quantitative estimate of drug-likeness (QED) is 0.520. The summed E-state index contributed by atoms with van der Waals surface area (Å²) in [5.74, 6) is 1.15. The van der Waals surface area contributed by atoms with Crippen LogP contribution in [0.25, 0.3) is 0 Å². The summed E-state index contributed by atoms with van der Waals surface area (Å²) in [6.45, 7) is 8.16. The van der Waals surface area contributed by atoms with Gasteiger partial charge in [0, 0.05) is 10.7 Å². The summed E-state index contributed by atoms with van der Waals surface area (Å²) in [4.78, 5) is 19.8. The van der Waals surface area contributed by atoms with Crippen LogP contribution in [-0.2, 0) is 0 Å². The van der Waals surface area contributed by atoms with Crippen molar-refractivity contribution in [3.8, 4) is 0 Å². The predicted octanol–water partition coefficient (Wildman–Crippen LogP) is 3.76. The summed E-state index contributed by atoms with van der Waals surface area (Å²) in [6.07, 6.45) is 6.00. The SMILES string of the molecule is CCCC(C)/C=C/[N+](=O)[O-].CCCC(C)C1SCC(O)C1[N+](=O)[O-]. The van der Waals surface area contributed by atoms with E-state index in [1.54, 1.807) is 17.8 Å². The minimum absolute atomic E-state index is 0.0139. The molecule has 5 atom stereocenters. The van der Waals surface area contributed by atoms with Gasteiger partial charge in [-0.15, -0.1) is 11.8 Å². The van der Waals surface area contributed by atoms with Crippen molar-refractivity contribution in [3.05, 3.63) is 32.5 Å². The number of rotatable bonds is 8. The molecule has 0 aromatic carbocycles. The zero-order valence-corrected chi connectivity index (χ0v) is 15.8. The van der Waals surface area contributed by atoms with Crippen LogP contribution < -0.4 is 0 Å². The summed E-state index contributed by atoms with van der Waals surface area (Å²) < 4.78 is 0. The molecule has 8 heteroatoms. The van der Waals surface area contributed by atoms with Gasteiger partial charge in [-0.2, -0.15) is 0 Å². The lowest BCUT2D eigenvalue weighted by molar-refractivity contribution is -0.532. The van der Waals surface area contributed by atoms with Crippen LogP contribution in [0.5, 0.6) is 0 Å². The van der Waals surface area contributed by atoms with Gasteiger partial charge in [-0.1, -0.05) is 40.5 Å². The summed E-state index contributed by atoms with van der Waals surface area (Å²) in [5.41, 5.74) is 0. The topological polar surface area (TPSA) is 107 Å². The largest absolute Gasteiger partial charge is 0.385 e. The maximum atomic E-state index is 10.8. The number of hydrogen-bond acceptors (Lipinski definition) is 6. The van der Waals surface area contributed by atoms with E-state index in [9.17, 15) is 25.3 Å². The standard InChI is InChI=1S/C9H17NO3S.C7H13NO2/c1-3-4-6(2)9-8(10(12)13)7(11)5-14-9;1-3-4-7(2)5-6-8(9)10/h6-9,11H,3-5H2,1-2H3;5-7H,3-4H2,1-2H3/b;6-5+. The Balaban J connectivity index is 0.000000470. The molecule has 1 aliphatic heterocycles. The number of nitro groups is 2. The lowest BCUT2D eigenvalue weighted by Crippen LogP contribution is -2.39. The van der Waals surface area contributed by atoms with Gasteiger partial charge in [-0.25, -0.2) is 0 Å². The molecule has 0 aromatic rings. The zero-order chi connectivity index (χ0) is 18.7. The van der Waals surface area contributed by atoms with Crippen LogP contribution >= 0.6 is 11.8 Å². The van der Waals surface area contributed by atoms with E-state index in [2.05, 4.69) is 13.8 Å². The monoisotopic (exact) mass is 362 g/mol. The molecule has 1 heterocycles. The van der Waals surface area contributed by atoms with E-state index in [-0.39, 0.29) is 10.2 Å². The summed E-state index contributed by atoms with van der Waals surface area (Å²) in [7, 11) is 0. The van der Waals surface area contributed by atoms with Crippen molar-refractivity contribution in [2.24, 2.45) is 11.8 Å². The molecule has 140 valence electrons. The average Bonchev–Trinajstić information content (AvgIpc) is 2.88. The minimum Gasteiger partial charge on any atom is -0.385 e. The first-order valence-corrected chi connectivity index (χ1v) is 9.54. The molecule has 1 aliphatic rings. The maximum absolute atomic E-state index is 10.8. The normalized spacial score (nSPS) is 25.8. The molecule has 0 spiro atoms. The van der Waals surface area contributed by atoms with Gasteiger partial charge in [-0.3, -0.25) is 20.2 Å². The lowest BCUT2D eigenvalue weighted by atomic mass is 9.95. The van der Waals surface area contributed by atoms with Crippen molar-refractivity contribution in [1.82, 2.24) is 0 Å². The molecule has 0 saturated carbocycles. The van der Waals surface area contributed by atoms with Crippen LogP contribution in [-0.4, -0.2) is 38.1 Å². The third-order valence-corrected chi connectivity index (χ3v) is 5.68. The Bertz CT molecular complexity index is 419. The molecule has 1 fully saturated rings. The van der Waals surface area contributed by atoms with Crippen molar-refractivity contribution in [1.29, 1.82) is 0 Å². The first kappa shape index (κ1) is 22.9. The fourth-order valence-corrected chi connectivity index (χ4v) is 4.33. The van der Waals surface area contributed by atoms with Crippen molar-refractivity contribution < 1.29 is 15.0 Å². The molecule has 1 saturated heterocycles. The number of aliphatic hydroxyl groups excluding tert-OH is 1. The van der Waals surface area contributed by atoms with Gasteiger partial charge < -0.3 is 5.11 Å². The van der Waals surface area contributed by atoms with Crippen LogP contribution in [0.4, 0.5) is 0 Å². The number of hydrogen-bond donors (Lipinski definition) is 1. The third kappa shape index (κ3) is 8.63. The summed E-state index contributed by atoms with van der Waals surface area (Å²) >= 11 is 1.54. The molecule has 0 bridgehead atoms. The summed E-state index contributed by atoms with van der Waals surface area (Å²) in [5, 5.41) is 30.1. The van der Waals surface area contributed by atoms with Crippen LogP contribution in [0, 0.1) is 32.1 Å². The van der Waals surface area contributed by atoms with E-state index in [0.717, 1.165) is 31.9 Å². The molecule has 7 nitrogen and oxygen atoms in total. The Kier molecular flexibility index (Phi) is 11.7. The highest BCUT2D eigenvalue weighted by molar-refractivity contribution is 8.00. The van der Waals surface area contributed by atoms with Gasteiger partial charge in [-0.05, 0) is 30.8 Å². The van der Waals surface area contributed by atoms with Gasteiger partial charge in [0.25, 0.3) is 6.04 Å². The fourth-order valence-electron chi connectivity index (χ4n) is 2.78. The van der Waals surface area contributed by atoms with Gasteiger partial charge in [0.2, 0.25) is 6.20 Å². The average molecular weight is 362 g/mol. The van der Waals surface area contributed by atoms with Crippen molar-refractivity contribution in [2.45, 2.75) is 70.8 Å². The van der Waals surface area contributed by atoms with E-state index in [1.165, 1.54) is 0 Å². The molecule has 0 amide bonds. The van der Waals surface area contributed by atoms with Gasteiger partial charge >= 0.3 is 0 Å². The second-order valence-corrected chi connectivity index (χ2v) is 7.51. The number of allylic oxidation sites excluding steroid dienone is 1. The van der Waals surface area contributed by atoms with Crippen LogP contribution in [0.1, 0.15) is 53.4 Å². The molecular formula is C16H30N2O5S. The zero-order valence-electron chi connectivity index (χ0n) is 15.0. The number of thioether (sulfide) groups is 1. The Morgan fingerprint density at radius 2 is 1.79 bits per heavy atom. The number of nitrogens with zero attached hydrogens (tertiary/aromatic N) is 2. The highest BCUT2D eigenvalue weighted by Gasteiger charge is 2.46. The number of aliphatic hydroxyl groups is 1. The Morgan fingerprint density at radius 1 is 1.21 bits per heavy atom. The smallest absolute Gasteiger partial charge is 0.251 e. The van der Waals surface area contributed by atoms with E-state index < -0.39 is 17.1 Å². The lowest BCUT2D eigenvalue weighted by Gasteiger charge is -2.19. The van der Waals surface area contributed by atoms with Gasteiger partial charge in [0.15, 0.2) is 0 Å². The van der Waals surface area contributed by atoms with E-state index in [0.29, 0.717) is 17.6 Å². The molecule has 1 N–H and O–H groups in total. The van der Waals surface area contributed by atoms with Crippen LogP contribution in [0.2, 0.25) is 0 Å². The fraction of sp³-hybridized carbons (Fsp3) is 0.875. The highest BCUT2D eigenvalue weighted by Crippen LogP contribution is 2.35. The molecular weight excluding hydrogens is 332 g/mol. The van der Waals surface area contributed by atoms with Crippen molar-refractivity contribution in [2.75, 3.05) is 5.75 Å². The molecule has 0 aromatic heterocycles. The first-order chi connectivity index (χ1) is 11.2. The Labute approximate surface area is 148 Å². The second-order valence-electron chi connectivity index (χ2n) is 6.30. The van der Waals surface area contributed by atoms with Gasteiger partial charge in [0.1, 0.15) is 6.10 Å². The molecule has 0 radical (unpaired) electrons. The molecule has 1 rings (SSSR count). The highest BCUT2D eigenvalue weighted by atomic mass is 32.2. The minimum atomic E-state index is -0.765. The van der Waals surface area contributed by atoms with E-state index in [1.807, 2.05) is 13.8 Å². The van der Waals surface area contributed by atoms with Crippen molar-refractivity contribution >= 4 is 11.8 Å². The van der Waals surface area contributed by atoms with Crippen molar-refractivity contribution in [3.63, 3.8) is 0 Å². The second kappa shape index (κ2) is 12.2. The summed E-state index contributed by atoms with van der Waals surface area (Å²) in [6, 6.07) is -0.762. The maximum Gasteiger partial charge on any atom is 0.251 e. The van der Waals surface area contributed by atoms with E-state index >= 15 is 0 Å². The molecule has 24 heavy (non-hydrogen) atoms. The van der Waals surface area contributed by atoms with Crippen LogP contribution in [0.15, 0.2) is 12.3 Å². The molecule has 5 unspecified atom stereocenters.